The maximum absolute atomic E-state index is 14.5. The number of benzene rings is 5. The number of nitrogens with two attached hydrogens (primary N) is 1. The van der Waals surface area contributed by atoms with Gasteiger partial charge >= 0.3 is 5.97 Å². The number of pyridine rings is 2. The number of halogens is 2. The molecule has 12 heterocycles. The Balaban J connectivity index is 0.000000154. The standard InChI is InChI=1S/C35H43N5O3.C21H26N6.C20H13FN4O.C18H21N5O2.C12H9ClN4O.5CH4/c1-35(2,3)43-33(41)20-24-10-16-27(17-11-24)37-32-21-30(34-36-22-31(26-14-15-26)40(34)38-32)39(28-8-6-5-7-9-28)23-25-12-18-29(42-4)19-13-25;22-15-8-10-17(11-9-15)25-20-12-18(24-16-4-2-1-3-5-16)21-23-13-19(14-6-7-14)27(21)26-20;1-26-20-19-24-12-18(25(19)9-8-23-20)13-6-7-17(21)16(10-13)15-5-3-2-4-14(15)11-22;1-25-16-10-17(21-13-2-4-14(24)5-3-13)22-23-15(11-20-18(16)23)12-6-8-19-9-7-12;1-18-10-6-11(13)16-17-9(7-15-12(10)17)8-2-4-14-5-3-8;;;;;/h5-9,12-13,18-19,21-22,24,26-27H,10-11,14-17,20,23H2,1-4H3,(H,37,38);1-5,12-15,17,24H,6-11,22H2,(H,25,26);2-10,12H,1H3;6-11,13-14,24H,2-5H2,1H3,(H,21,22);2-7H,1H3;5*1H4. The normalized spacial score (nSPS) is 16.7. The van der Waals surface area contributed by atoms with Crippen LogP contribution in [0.2, 0.25) is 5.15 Å². The Morgan fingerprint density at radius 3 is 1.60 bits per heavy atom. The monoisotopic (exact) mass is 1970 g/mol. The molecule has 0 radical (unpaired) electrons. The lowest BCUT2D eigenvalue weighted by atomic mass is 9.84. The van der Waals surface area contributed by atoms with Crippen LogP contribution < -0.4 is 50.8 Å². The van der Waals surface area contributed by atoms with Crippen LogP contribution in [0.5, 0.6) is 23.1 Å². The summed E-state index contributed by atoms with van der Waals surface area (Å²) in [6, 6.07) is 59.6. The highest BCUT2D eigenvalue weighted by Gasteiger charge is 2.34. The van der Waals surface area contributed by atoms with Crippen LogP contribution >= 0.6 is 11.6 Å². The third-order valence-electron chi connectivity index (χ3n) is 25.5. The van der Waals surface area contributed by atoms with Crippen molar-refractivity contribution in [2.24, 2.45) is 11.7 Å². The van der Waals surface area contributed by atoms with Gasteiger partial charge in [0.05, 0.1) is 117 Å². The number of aromatic nitrogens is 17. The van der Waals surface area contributed by atoms with Gasteiger partial charge in [-0.25, -0.2) is 52.4 Å². The minimum atomic E-state index is -0.439. The van der Waals surface area contributed by atoms with Crippen molar-refractivity contribution >= 4 is 86.0 Å². The first-order valence-electron chi connectivity index (χ1n) is 47.3. The first-order valence-corrected chi connectivity index (χ1v) is 47.6. The van der Waals surface area contributed by atoms with Gasteiger partial charge in [0.2, 0.25) is 5.65 Å². The number of ether oxygens (including phenoxy) is 5. The summed E-state index contributed by atoms with van der Waals surface area (Å²) in [4.78, 5) is 49.6. The number of esters is 1. The number of aliphatic hydroxyl groups is 1. The molecule has 0 bridgehead atoms. The molecule has 0 spiro atoms. The summed E-state index contributed by atoms with van der Waals surface area (Å²) in [5.74, 6) is 6.04. The van der Waals surface area contributed by atoms with E-state index >= 15 is 0 Å². The highest BCUT2D eigenvalue weighted by Crippen LogP contribution is 2.45. The molecule has 33 heteroatoms. The topological polar surface area (TPSA) is 361 Å². The van der Waals surface area contributed by atoms with Crippen LogP contribution in [-0.2, 0) is 16.1 Å². The van der Waals surface area contributed by atoms with Crippen molar-refractivity contribution in [3.63, 3.8) is 0 Å². The van der Waals surface area contributed by atoms with E-state index in [4.69, 9.17) is 61.3 Å². The summed E-state index contributed by atoms with van der Waals surface area (Å²) in [6.07, 6.45) is 36.5. The molecular weight excluding hydrogens is 1840 g/mol. The molecule has 0 saturated heterocycles. The zero-order valence-corrected chi connectivity index (χ0v) is 79.4. The molecule has 5 fully saturated rings. The maximum Gasteiger partial charge on any atom is 0.306 e. The number of methoxy groups -OCH3 is 4. The minimum absolute atomic E-state index is 0. The van der Waals surface area contributed by atoms with Crippen LogP contribution in [0.4, 0.5) is 44.6 Å². The molecule has 0 unspecified atom stereocenters. The SMILES string of the molecule is C.C.C.C.C.COc1cc(Cl)nn2c(-c3ccncc3)cnc12.COc1cc(NC2CCC(O)CC2)nn2c(-c3ccncc3)cnc12.COc1ccc(CN(c2ccccc2)c2cc(NC3CCC(CC(=O)OC(C)(C)C)CC3)nn3c(C4CC4)cnc23)cc1.COc1nccn2c(-c3ccc(F)c(-c4ccccc4C#N)c3)cnc12.NC1CCC(Nc2cc(Nc3ccccc3)c3ncc(C4CC4)n3n2)CC1. The number of nitrogens with zero attached hydrogens (tertiary/aromatic N) is 19. The van der Waals surface area contributed by atoms with Gasteiger partial charge in [-0.05, 0) is 220 Å². The Kier molecular flexibility index (Phi) is 35.8. The largest absolute Gasteiger partial charge is 0.497 e. The zero-order chi connectivity index (χ0) is 96.0. The molecule has 7 N–H and O–H groups in total. The number of carbonyl (C=O) groups is 1. The van der Waals surface area contributed by atoms with E-state index in [0.29, 0.717) is 111 Å². The summed E-state index contributed by atoms with van der Waals surface area (Å²) >= 11 is 5.97. The van der Waals surface area contributed by atoms with Crippen molar-refractivity contribution in [3.8, 4) is 74.1 Å². The van der Waals surface area contributed by atoms with Crippen LogP contribution in [0.3, 0.4) is 0 Å². The first kappa shape index (κ1) is 106. The van der Waals surface area contributed by atoms with Crippen molar-refractivity contribution in [2.75, 3.05) is 54.6 Å². The van der Waals surface area contributed by atoms with E-state index in [1.165, 1.54) is 55.8 Å². The second-order valence-electron chi connectivity index (χ2n) is 36.6. The van der Waals surface area contributed by atoms with E-state index in [0.717, 1.165) is 168 Å². The Hall–Kier alpha value is -15.2. The van der Waals surface area contributed by atoms with Crippen LogP contribution in [0, 0.1) is 23.1 Å². The van der Waals surface area contributed by atoms with Crippen LogP contribution in [0.25, 0.3) is 73.1 Å². The summed E-state index contributed by atoms with van der Waals surface area (Å²) < 4.78 is 50.8. The average Bonchev–Trinajstić information content (AvgIpc) is 1.60. The van der Waals surface area contributed by atoms with Crippen molar-refractivity contribution in [3.05, 3.63) is 278 Å². The number of imidazole rings is 5. The molecule has 5 aliphatic rings. The molecular formula is C111H132ClFN24O7. The molecule has 144 heavy (non-hydrogen) atoms. The van der Waals surface area contributed by atoms with E-state index in [2.05, 4.69) is 137 Å². The van der Waals surface area contributed by atoms with Gasteiger partial charge in [0.25, 0.3) is 5.88 Å². The first-order chi connectivity index (χ1) is 67.8. The van der Waals surface area contributed by atoms with Crippen molar-refractivity contribution in [1.29, 1.82) is 5.26 Å². The molecule has 752 valence electrons. The maximum atomic E-state index is 14.5. The minimum Gasteiger partial charge on any atom is -0.497 e. The predicted octanol–water partition coefficient (Wildman–Crippen LogP) is 23.9. The van der Waals surface area contributed by atoms with Gasteiger partial charge in [-0.3, -0.25) is 19.2 Å². The smallest absolute Gasteiger partial charge is 0.306 e. The van der Waals surface area contributed by atoms with Gasteiger partial charge < -0.3 is 60.7 Å². The average molecular weight is 1970 g/mol. The van der Waals surface area contributed by atoms with Gasteiger partial charge in [-0.1, -0.05) is 115 Å². The number of carbonyl (C=O) groups excluding carboxylic acids is 1. The number of hydrogen-bond donors (Lipinski definition) is 6. The fraction of sp³-hybridized carbons (Fsp3) is 0.351. The molecule has 0 amide bonds. The van der Waals surface area contributed by atoms with Gasteiger partial charge in [-0.15, -0.1) is 15.3 Å². The number of para-hydroxylation sites is 2. The number of aliphatic hydroxyl groups excluding tert-OH is 1. The Labute approximate surface area is 846 Å². The predicted molar refractivity (Wildman–Crippen MR) is 570 cm³/mol. The third kappa shape index (κ3) is 25.4. The highest BCUT2D eigenvalue weighted by atomic mass is 35.5. The molecule has 5 aromatic carbocycles. The third-order valence-corrected chi connectivity index (χ3v) is 25.7. The van der Waals surface area contributed by atoms with Gasteiger partial charge in [-0.2, -0.15) is 10.4 Å². The molecule has 5 aliphatic carbocycles. The molecule has 22 rings (SSSR count). The summed E-state index contributed by atoms with van der Waals surface area (Å²) in [5.41, 5.74) is 23.6. The van der Waals surface area contributed by atoms with Crippen molar-refractivity contribution in [1.82, 2.24) is 82.7 Å². The molecule has 17 aromatic rings. The second kappa shape index (κ2) is 48.5. The lowest BCUT2D eigenvalue weighted by Crippen LogP contribution is -2.33. The van der Waals surface area contributed by atoms with E-state index < -0.39 is 5.60 Å². The summed E-state index contributed by atoms with van der Waals surface area (Å²) in [6.45, 7) is 6.45. The zero-order valence-electron chi connectivity index (χ0n) is 78.7. The van der Waals surface area contributed by atoms with Crippen LogP contribution in [0.1, 0.15) is 201 Å². The molecule has 12 aromatic heterocycles. The fourth-order valence-electron chi connectivity index (χ4n) is 18.1. The quantitative estimate of drug-likeness (QED) is 0.0306. The fourth-order valence-corrected chi connectivity index (χ4v) is 18.3. The number of hydrogen-bond acceptors (Lipinski definition) is 26. The Morgan fingerprint density at radius 2 is 1.02 bits per heavy atom. The number of nitrogens with one attached hydrogen (secondary N) is 4. The van der Waals surface area contributed by atoms with Gasteiger partial charge in [0.15, 0.2) is 45.1 Å². The molecule has 0 aliphatic heterocycles. The molecule has 31 nitrogen and oxygen atoms in total. The van der Waals surface area contributed by atoms with Crippen molar-refractivity contribution < 1.29 is 38.0 Å². The molecule has 0 atom stereocenters. The lowest BCUT2D eigenvalue weighted by Gasteiger charge is -2.30. The highest BCUT2D eigenvalue weighted by molar-refractivity contribution is 6.29. The van der Waals surface area contributed by atoms with Crippen LogP contribution in [0.15, 0.2) is 244 Å². The van der Waals surface area contributed by atoms with Gasteiger partial charge in [0, 0.05) is 150 Å². The van der Waals surface area contributed by atoms with Crippen molar-refractivity contribution in [2.45, 2.75) is 221 Å². The number of fused-ring (bicyclic) bond motifs is 5. The van der Waals surface area contributed by atoms with Gasteiger partial charge in [0.1, 0.15) is 28.8 Å². The Bertz CT molecular complexity index is 7110. The summed E-state index contributed by atoms with van der Waals surface area (Å²) in [7, 11) is 6.44. The van der Waals surface area contributed by atoms with E-state index in [1.54, 1.807) is 129 Å². The van der Waals surface area contributed by atoms with E-state index in [-0.39, 0.29) is 55.0 Å². The Morgan fingerprint density at radius 1 is 0.507 bits per heavy atom. The van der Waals surface area contributed by atoms with Crippen LogP contribution in [-0.4, -0.2) is 158 Å². The van der Waals surface area contributed by atoms with E-state index in [1.807, 2.05) is 109 Å². The second-order valence-corrected chi connectivity index (χ2v) is 36.9. The molecule has 5 saturated carbocycles. The van der Waals surface area contributed by atoms with E-state index in [9.17, 15) is 19.6 Å². The number of nitriles is 1. The number of anilines is 7. The summed E-state index contributed by atoms with van der Waals surface area (Å²) in [5, 5.41) is 52.7. The lowest BCUT2D eigenvalue weighted by molar-refractivity contribution is -0.156. The number of rotatable bonds is 24.